The van der Waals surface area contributed by atoms with E-state index in [0.717, 1.165) is 52.6 Å². The molecule has 0 radical (unpaired) electrons. The molecule has 1 saturated heterocycles. The molecule has 60 heavy (non-hydrogen) atoms. The Bertz CT molecular complexity index is 2290. The Morgan fingerprint density at radius 2 is 1.45 bits per heavy atom. The summed E-state index contributed by atoms with van der Waals surface area (Å²) in [4.78, 5) is 55.9. The summed E-state index contributed by atoms with van der Waals surface area (Å²) in [5.74, 6) is -2.10. The lowest BCUT2D eigenvalue weighted by atomic mass is 9.67. The van der Waals surface area contributed by atoms with Crippen molar-refractivity contribution in [1.82, 2.24) is 25.5 Å². The van der Waals surface area contributed by atoms with Crippen LogP contribution in [0.1, 0.15) is 96.3 Å². The van der Waals surface area contributed by atoms with E-state index in [9.17, 15) is 33.4 Å². The molecule has 2 fully saturated rings. The number of pyridine rings is 2. The predicted molar refractivity (Wildman–Crippen MR) is 220 cm³/mol. The molecular formula is C45H49F2N7O6. The second kappa shape index (κ2) is 17.3. The first-order chi connectivity index (χ1) is 28.6. The molecule has 2 aromatic carbocycles. The van der Waals surface area contributed by atoms with Crippen molar-refractivity contribution in [3.8, 4) is 0 Å². The van der Waals surface area contributed by atoms with Crippen molar-refractivity contribution in [3.63, 3.8) is 0 Å². The zero-order valence-electron chi connectivity index (χ0n) is 33.8. The Morgan fingerprint density at radius 1 is 0.867 bits per heavy atom. The summed E-state index contributed by atoms with van der Waals surface area (Å²) in [5, 5.41) is 26.9. The van der Waals surface area contributed by atoms with E-state index < -0.39 is 29.3 Å². The first-order valence-electron chi connectivity index (χ1n) is 20.0. The number of alkyl carbamates (subject to hydrolysis) is 1. The van der Waals surface area contributed by atoms with Crippen LogP contribution in [0.5, 0.6) is 0 Å². The van der Waals surface area contributed by atoms with Crippen molar-refractivity contribution in [1.29, 1.82) is 0 Å². The van der Waals surface area contributed by atoms with Gasteiger partial charge in [-0.15, -0.1) is 0 Å². The van der Waals surface area contributed by atoms with E-state index in [-0.39, 0.29) is 50.0 Å². The Hall–Kier alpha value is -5.93. The van der Waals surface area contributed by atoms with E-state index in [1.807, 2.05) is 66.7 Å². The number of ether oxygens (including phenoxy) is 1. The number of halogens is 2. The van der Waals surface area contributed by atoms with Crippen LogP contribution in [0, 0.1) is 0 Å². The van der Waals surface area contributed by atoms with Gasteiger partial charge in [0.15, 0.2) is 0 Å². The number of aliphatic imine (C=N–C) groups is 2. The number of ketones is 1. The number of rotatable bonds is 11. The summed E-state index contributed by atoms with van der Waals surface area (Å²) in [5.41, 5.74) is 4.37. The predicted octanol–water partition coefficient (Wildman–Crippen LogP) is 5.36. The fraction of sp³-hybridized carbons (Fsp3) is 0.400. The molecule has 314 valence electrons. The van der Waals surface area contributed by atoms with Crippen molar-refractivity contribution in [2.75, 3.05) is 20.2 Å². The third-order valence-electron chi connectivity index (χ3n) is 11.3. The number of aliphatic hydroxyl groups is 2. The number of likely N-dealkylation sites (tertiary alicyclic amines) is 1. The Balaban J connectivity index is 0.000000181. The zero-order chi connectivity index (χ0) is 42.7. The molecule has 1 aliphatic carbocycles. The summed E-state index contributed by atoms with van der Waals surface area (Å²) in [6.45, 7) is 3.46. The van der Waals surface area contributed by atoms with Crippen LogP contribution in [0.2, 0.25) is 0 Å². The van der Waals surface area contributed by atoms with Crippen molar-refractivity contribution in [3.05, 3.63) is 130 Å². The highest BCUT2D eigenvalue weighted by molar-refractivity contribution is 6.08. The van der Waals surface area contributed by atoms with E-state index in [4.69, 9.17) is 0 Å². The number of benzene rings is 2. The number of nitrogens with one attached hydrogen (secondary N) is 2. The first kappa shape index (κ1) is 42.2. The number of fused-ring (bicyclic) bond motifs is 2. The number of carbonyl (C=O) groups excluding carboxylic acids is 3. The smallest absolute Gasteiger partial charge is 0.412 e. The fourth-order valence-electron chi connectivity index (χ4n) is 8.03. The van der Waals surface area contributed by atoms with Gasteiger partial charge in [-0.1, -0.05) is 60.7 Å². The number of alkyl halides is 2. The number of hydrogen-bond donors (Lipinski definition) is 4. The number of carbonyl (C=O) groups is 3. The lowest BCUT2D eigenvalue weighted by molar-refractivity contribution is -0.123. The molecular weight excluding hydrogens is 773 g/mol. The summed E-state index contributed by atoms with van der Waals surface area (Å²) in [6, 6.07) is 22.2. The number of nitrogens with zero attached hydrogens (tertiary/aromatic N) is 5. The molecule has 0 unspecified atom stereocenters. The summed E-state index contributed by atoms with van der Waals surface area (Å²) in [6.07, 6.45) is 5.62. The highest BCUT2D eigenvalue weighted by Gasteiger charge is 2.46. The summed E-state index contributed by atoms with van der Waals surface area (Å²) < 4.78 is 30.9. The van der Waals surface area contributed by atoms with Gasteiger partial charge in [0.2, 0.25) is 5.91 Å². The molecule has 2 atom stereocenters. The van der Waals surface area contributed by atoms with Gasteiger partial charge in [-0.3, -0.25) is 34.9 Å². The number of methoxy groups -OCH3 is 1. The van der Waals surface area contributed by atoms with Gasteiger partial charge in [-0.25, -0.2) is 13.6 Å². The maximum Gasteiger partial charge on any atom is 0.412 e. The third-order valence-corrected chi connectivity index (χ3v) is 11.3. The molecule has 13 nitrogen and oxygen atoms in total. The molecule has 4 N–H and O–H groups in total. The van der Waals surface area contributed by atoms with E-state index in [0.29, 0.717) is 36.1 Å². The van der Waals surface area contributed by atoms with Crippen LogP contribution in [0.15, 0.2) is 95.2 Å². The SMILES string of the molecule is CC(C)(O)[C@@H](NC(=O)Cc1cc2c(cn1)C(N1CC(F)(F)C1)=NC2)c1ccccc1.COC(=O)NC1=NCc2cc(CC(=O)C[C@@H](c3ccccc3)C3(O)CCC3)ncc21. The van der Waals surface area contributed by atoms with Gasteiger partial charge in [0.05, 0.1) is 62.6 Å². The minimum absolute atomic E-state index is 0.0449. The number of hydrogen-bond acceptors (Lipinski definition) is 11. The zero-order valence-corrected chi connectivity index (χ0v) is 33.8. The number of Topliss-reactive ketones (excluding diaryl/α,β-unsaturated/α-hetero) is 1. The molecule has 2 aromatic heterocycles. The topological polar surface area (TPSA) is 179 Å². The normalized spacial score (nSPS) is 17.8. The fourth-order valence-corrected chi connectivity index (χ4v) is 8.03. The molecule has 1 saturated carbocycles. The average molecular weight is 822 g/mol. The second-order valence-corrected chi connectivity index (χ2v) is 16.4. The van der Waals surface area contributed by atoms with Gasteiger partial charge in [-0.05, 0) is 67.5 Å². The van der Waals surface area contributed by atoms with Crippen LogP contribution in [-0.2, 0) is 40.3 Å². The highest BCUT2D eigenvalue weighted by Crippen LogP contribution is 2.45. The number of amidine groups is 2. The second-order valence-electron chi connectivity index (χ2n) is 16.4. The maximum atomic E-state index is 13.2. The van der Waals surface area contributed by atoms with Crippen LogP contribution < -0.4 is 10.6 Å². The maximum absolute atomic E-state index is 13.2. The Labute approximate surface area is 347 Å². The minimum Gasteiger partial charge on any atom is -0.453 e. The molecule has 0 bridgehead atoms. The van der Waals surface area contributed by atoms with E-state index >= 15 is 0 Å². The highest BCUT2D eigenvalue weighted by atomic mass is 19.3. The van der Waals surface area contributed by atoms with Gasteiger partial charge >= 0.3 is 6.09 Å². The number of amides is 2. The van der Waals surface area contributed by atoms with Gasteiger partial charge in [0.1, 0.15) is 17.5 Å². The average Bonchev–Trinajstić information content (AvgIpc) is 3.80. The molecule has 2 amide bonds. The molecule has 5 heterocycles. The van der Waals surface area contributed by atoms with E-state index in [2.05, 4.69) is 35.3 Å². The molecule has 15 heteroatoms. The van der Waals surface area contributed by atoms with Crippen molar-refractivity contribution >= 4 is 29.5 Å². The molecule has 0 spiro atoms. The van der Waals surface area contributed by atoms with E-state index in [1.165, 1.54) is 7.11 Å². The Morgan fingerprint density at radius 3 is 2.03 bits per heavy atom. The Kier molecular flexibility index (Phi) is 12.2. The largest absolute Gasteiger partial charge is 0.453 e. The monoisotopic (exact) mass is 821 g/mol. The van der Waals surface area contributed by atoms with Crippen LogP contribution in [0.3, 0.4) is 0 Å². The molecule has 4 aliphatic rings. The third kappa shape index (κ3) is 9.74. The van der Waals surface area contributed by atoms with Crippen LogP contribution >= 0.6 is 0 Å². The van der Waals surface area contributed by atoms with E-state index in [1.54, 1.807) is 37.2 Å². The van der Waals surface area contributed by atoms with Crippen LogP contribution in [0.25, 0.3) is 0 Å². The van der Waals surface area contributed by atoms with Crippen molar-refractivity contribution in [2.24, 2.45) is 9.98 Å². The quantitative estimate of drug-likeness (QED) is 0.155. The minimum atomic E-state index is -2.66. The van der Waals surface area contributed by atoms with Crippen LogP contribution in [0.4, 0.5) is 13.6 Å². The lowest BCUT2D eigenvalue weighted by Crippen LogP contribution is -2.58. The van der Waals surface area contributed by atoms with Crippen molar-refractivity contribution in [2.45, 2.75) is 94.5 Å². The van der Waals surface area contributed by atoms with Crippen LogP contribution in [-0.4, -0.2) is 91.9 Å². The lowest BCUT2D eigenvalue weighted by Gasteiger charge is -2.43. The van der Waals surface area contributed by atoms with Crippen molar-refractivity contribution < 1.29 is 38.1 Å². The van der Waals surface area contributed by atoms with Gasteiger partial charge in [-0.2, -0.15) is 0 Å². The molecule has 4 aromatic rings. The molecule has 8 rings (SSSR count). The standard InChI is InChI=1S/C23H25N3O4.C22H24F2N4O2/c1-30-22(28)26-21-19-14-24-17(10-16(19)13-25-21)11-18(27)12-20(23(29)8-5-9-23)15-6-3-2-4-7-15;1-21(2,30)19(14-6-4-3-5-7-14)27-18(29)9-16-8-15-10-26-20(17(15)11-25-16)28-12-22(23,24)13-28/h2-4,6-7,10,14,20,29H,5,8-9,11-13H2,1H3,(H,25,26,28);3-8,11,19,30H,9-10,12-13H2,1-2H3,(H,27,29)/t20-;19-/m00/s1. The summed E-state index contributed by atoms with van der Waals surface area (Å²) in [7, 11) is 1.29. The van der Waals surface area contributed by atoms with Gasteiger partial charge in [0.25, 0.3) is 5.92 Å². The first-order valence-corrected chi connectivity index (χ1v) is 20.0. The van der Waals surface area contributed by atoms with Gasteiger partial charge in [0, 0.05) is 48.0 Å². The molecule has 3 aliphatic heterocycles. The van der Waals surface area contributed by atoms with Gasteiger partial charge < -0.3 is 25.2 Å². The number of aromatic nitrogens is 2. The summed E-state index contributed by atoms with van der Waals surface area (Å²) >= 11 is 0.